The van der Waals surface area contributed by atoms with E-state index in [1.165, 1.54) is 0 Å². The fourth-order valence-electron chi connectivity index (χ4n) is 1.01. The Kier molecular flexibility index (Phi) is 2.11. The van der Waals surface area contributed by atoms with Crippen molar-refractivity contribution in [2.24, 2.45) is 0 Å². The number of nitrogens with one attached hydrogen (secondary N) is 2. The maximum Gasteiger partial charge on any atom is 0.317 e. The Morgan fingerprint density at radius 1 is 1.60 bits per heavy atom. The third kappa shape index (κ3) is 1.60. The lowest BCUT2D eigenvalue weighted by Crippen LogP contribution is -2.53. The molecule has 4 nitrogen and oxygen atoms in total. The van der Waals surface area contributed by atoms with Crippen LogP contribution in [0, 0.1) is 0 Å². The van der Waals surface area contributed by atoms with Crippen molar-refractivity contribution in [3.05, 3.63) is 0 Å². The maximum atomic E-state index is 10.7. The van der Waals surface area contributed by atoms with Crippen molar-refractivity contribution < 1.29 is 9.53 Å². The van der Waals surface area contributed by atoms with E-state index < -0.39 is 0 Å². The van der Waals surface area contributed by atoms with E-state index in [1.807, 2.05) is 6.92 Å². The van der Waals surface area contributed by atoms with Gasteiger partial charge in [0.25, 0.3) is 0 Å². The lowest BCUT2D eigenvalue weighted by atomic mass is 10.2. The van der Waals surface area contributed by atoms with Crippen LogP contribution in [0.5, 0.6) is 0 Å². The second kappa shape index (κ2) is 2.88. The quantitative estimate of drug-likeness (QED) is 0.546. The number of urea groups is 1. The van der Waals surface area contributed by atoms with Crippen LogP contribution >= 0.6 is 0 Å². The van der Waals surface area contributed by atoms with Crippen molar-refractivity contribution >= 4 is 6.03 Å². The Bertz CT molecular complexity index is 138. The molecule has 2 unspecified atom stereocenters. The zero-order valence-corrected chi connectivity index (χ0v) is 6.18. The summed E-state index contributed by atoms with van der Waals surface area (Å²) < 4.78 is 4.96. The minimum absolute atomic E-state index is 0.122. The van der Waals surface area contributed by atoms with Gasteiger partial charge in [-0.2, -0.15) is 0 Å². The first-order valence-corrected chi connectivity index (χ1v) is 3.32. The van der Waals surface area contributed by atoms with E-state index in [-0.39, 0.29) is 18.3 Å². The highest BCUT2D eigenvalue weighted by molar-refractivity contribution is 5.75. The summed E-state index contributed by atoms with van der Waals surface area (Å²) in [5.74, 6) is 0. The van der Waals surface area contributed by atoms with E-state index in [2.05, 4.69) is 10.6 Å². The highest BCUT2D eigenvalue weighted by atomic mass is 16.5. The number of ether oxygens (including phenoxy) is 1. The SMILES string of the molecule is COC1CC(C)NC(=O)N1. The summed E-state index contributed by atoms with van der Waals surface area (Å²) in [6.45, 7) is 1.95. The summed E-state index contributed by atoms with van der Waals surface area (Å²) in [4.78, 5) is 10.7. The third-order valence-corrected chi connectivity index (χ3v) is 1.52. The molecule has 4 heteroatoms. The maximum absolute atomic E-state index is 10.7. The smallest absolute Gasteiger partial charge is 0.317 e. The summed E-state index contributed by atoms with van der Waals surface area (Å²) in [5.41, 5.74) is 0. The van der Waals surface area contributed by atoms with E-state index in [9.17, 15) is 4.79 Å². The molecule has 1 rings (SSSR count). The van der Waals surface area contributed by atoms with Crippen molar-refractivity contribution in [3.8, 4) is 0 Å². The van der Waals surface area contributed by atoms with E-state index in [4.69, 9.17) is 4.74 Å². The highest BCUT2D eigenvalue weighted by Gasteiger charge is 2.21. The molecule has 2 atom stereocenters. The van der Waals surface area contributed by atoms with Crippen LogP contribution in [-0.4, -0.2) is 25.4 Å². The van der Waals surface area contributed by atoms with Crippen molar-refractivity contribution in [2.45, 2.75) is 25.6 Å². The fourth-order valence-corrected chi connectivity index (χ4v) is 1.01. The first-order chi connectivity index (χ1) is 4.72. The Labute approximate surface area is 59.9 Å². The minimum atomic E-state index is -0.148. The van der Waals surface area contributed by atoms with Crippen LogP contribution in [0.15, 0.2) is 0 Å². The number of hydrogen-bond acceptors (Lipinski definition) is 2. The number of methoxy groups -OCH3 is 1. The van der Waals surface area contributed by atoms with Gasteiger partial charge in [0.1, 0.15) is 6.23 Å². The van der Waals surface area contributed by atoms with Crippen LogP contribution in [0.3, 0.4) is 0 Å². The molecule has 0 aromatic rings. The summed E-state index contributed by atoms with van der Waals surface area (Å²) in [7, 11) is 1.59. The van der Waals surface area contributed by atoms with Gasteiger partial charge in [-0.3, -0.25) is 0 Å². The van der Waals surface area contributed by atoms with Crippen LogP contribution in [0.1, 0.15) is 13.3 Å². The van der Waals surface area contributed by atoms with Crippen LogP contribution < -0.4 is 10.6 Å². The van der Waals surface area contributed by atoms with E-state index in [0.717, 1.165) is 6.42 Å². The second-order valence-electron chi connectivity index (χ2n) is 2.48. The summed E-state index contributed by atoms with van der Waals surface area (Å²) >= 11 is 0. The van der Waals surface area contributed by atoms with Crippen molar-refractivity contribution in [3.63, 3.8) is 0 Å². The number of rotatable bonds is 1. The van der Waals surface area contributed by atoms with Gasteiger partial charge in [-0.05, 0) is 6.92 Å². The van der Waals surface area contributed by atoms with Crippen LogP contribution in [0.2, 0.25) is 0 Å². The highest BCUT2D eigenvalue weighted by Crippen LogP contribution is 2.02. The molecule has 0 saturated carbocycles. The van der Waals surface area contributed by atoms with Gasteiger partial charge in [0.05, 0.1) is 0 Å². The summed E-state index contributed by atoms with van der Waals surface area (Å²) in [5, 5.41) is 5.34. The molecule has 1 aliphatic heterocycles. The molecular formula is C6H12N2O2. The van der Waals surface area contributed by atoms with Gasteiger partial charge in [0.2, 0.25) is 0 Å². The molecule has 2 amide bonds. The molecule has 0 radical (unpaired) electrons. The lowest BCUT2D eigenvalue weighted by Gasteiger charge is -2.27. The summed E-state index contributed by atoms with van der Waals surface area (Å²) in [6.07, 6.45) is 0.700. The fraction of sp³-hybridized carbons (Fsp3) is 0.833. The number of hydrogen-bond donors (Lipinski definition) is 2. The van der Waals surface area contributed by atoms with Gasteiger partial charge in [-0.15, -0.1) is 0 Å². The average molecular weight is 144 g/mol. The van der Waals surface area contributed by atoms with Crippen LogP contribution in [0.25, 0.3) is 0 Å². The number of carbonyl (C=O) groups excluding carboxylic acids is 1. The largest absolute Gasteiger partial charge is 0.362 e. The standard InChI is InChI=1S/C6H12N2O2/c1-4-3-5(10-2)8-6(9)7-4/h4-5H,3H2,1-2H3,(H2,7,8,9). The van der Waals surface area contributed by atoms with E-state index in [0.29, 0.717) is 0 Å². The molecule has 1 saturated heterocycles. The first-order valence-electron chi connectivity index (χ1n) is 3.32. The Hall–Kier alpha value is -0.770. The molecule has 1 heterocycles. The molecule has 2 N–H and O–H groups in total. The Morgan fingerprint density at radius 2 is 2.30 bits per heavy atom. The first kappa shape index (κ1) is 7.34. The predicted octanol–water partition coefficient (Wildman–Crippen LogP) is 0.0503. The average Bonchev–Trinajstić information content (AvgIpc) is 1.85. The summed E-state index contributed by atoms with van der Waals surface area (Å²) in [6, 6.07) is 0.0595. The lowest BCUT2D eigenvalue weighted by molar-refractivity contribution is 0.0561. The number of amides is 2. The minimum Gasteiger partial charge on any atom is -0.362 e. The topological polar surface area (TPSA) is 50.4 Å². The van der Waals surface area contributed by atoms with E-state index >= 15 is 0 Å². The van der Waals surface area contributed by atoms with Crippen molar-refractivity contribution in [2.75, 3.05) is 7.11 Å². The van der Waals surface area contributed by atoms with Gasteiger partial charge in [0.15, 0.2) is 0 Å². The molecule has 0 spiro atoms. The number of carbonyl (C=O) groups is 1. The molecule has 1 fully saturated rings. The molecule has 0 aromatic heterocycles. The molecular weight excluding hydrogens is 132 g/mol. The van der Waals surface area contributed by atoms with E-state index in [1.54, 1.807) is 7.11 Å². The zero-order valence-electron chi connectivity index (χ0n) is 6.18. The molecule has 0 aliphatic carbocycles. The van der Waals surface area contributed by atoms with Crippen molar-refractivity contribution in [1.82, 2.24) is 10.6 Å². The van der Waals surface area contributed by atoms with Gasteiger partial charge in [0, 0.05) is 19.6 Å². The van der Waals surface area contributed by atoms with Gasteiger partial charge in [-0.1, -0.05) is 0 Å². The van der Waals surface area contributed by atoms with Crippen LogP contribution in [0.4, 0.5) is 4.79 Å². The Balaban J connectivity index is 2.42. The van der Waals surface area contributed by atoms with Crippen LogP contribution in [-0.2, 0) is 4.74 Å². The molecule has 0 aromatic carbocycles. The predicted molar refractivity (Wildman–Crippen MR) is 36.5 cm³/mol. The zero-order chi connectivity index (χ0) is 7.56. The molecule has 0 bridgehead atoms. The normalized spacial score (nSPS) is 32.8. The van der Waals surface area contributed by atoms with Gasteiger partial charge >= 0.3 is 6.03 Å². The van der Waals surface area contributed by atoms with Gasteiger partial charge < -0.3 is 15.4 Å². The molecule has 58 valence electrons. The van der Waals surface area contributed by atoms with Crippen molar-refractivity contribution in [1.29, 1.82) is 0 Å². The Morgan fingerprint density at radius 3 is 2.80 bits per heavy atom. The monoisotopic (exact) mass is 144 g/mol. The third-order valence-electron chi connectivity index (χ3n) is 1.52. The molecule has 1 aliphatic rings. The van der Waals surface area contributed by atoms with Gasteiger partial charge in [-0.25, -0.2) is 4.79 Å². The second-order valence-corrected chi connectivity index (χ2v) is 2.48. The molecule has 10 heavy (non-hydrogen) atoms.